The lowest BCUT2D eigenvalue weighted by molar-refractivity contribution is -0.130. The smallest absolute Gasteiger partial charge is 0.222 e. The van der Waals surface area contributed by atoms with Crippen LogP contribution in [0.1, 0.15) is 44.9 Å². The first-order valence-electron chi connectivity index (χ1n) is 6.04. The topological polar surface area (TPSA) is 20.3 Å². The van der Waals surface area contributed by atoms with Crippen LogP contribution in [0, 0.1) is 5.92 Å². The first-order valence-corrected chi connectivity index (χ1v) is 6.57. The van der Waals surface area contributed by atoms with E-state index in [0.717, 1.165) is 12.3 Å². The van der Waals surface area contributed by atoms with E-state index in [4.69, 9.17) is 11.6 Å². The maximum atomic E-state index is 11.6. The van der Waals surface area contributed by atoms with Crippen LogP contribution in [0.2, 0.25) is 0 Å². The molecule has 88 valence electrons. The monoisotopic (exact) mass is 231 g/mol. The Balaban J connectivity index is 2.14. The van der Waals surface area contributed by atoms with Gasteiger partial charge in [-0.1, -0.05) is 32.1 Å². The van der Waals surface area contributed by atoms with Crippen LogP contribution in [0.15, 0.2) is 0 Å². The van der Waals surface area contributed by atoms with Gasteiger partial charge in [0.25, 0.3) is 0 Å². The van der Waals surface area contributed by atoms with E-state index in [1.807, 2.05) is 7.05 Å². The summed E-state index contributed by atoms with van der Waals surface area (Å²) in [4.78, 5) is 13.4. The molecule has 0 atom stereocenters. The summed E-state index contributed by atoms with van der Waals surface area (Å²) in [6, 6.07) is 0. The first kappa shape index (κ1) is 12.8. The summed E-state index contributed by atoms with van der Waals surface area (Å²) < 4.78 is 0. The van der Waals surface area contributed by atoms with Crippen molar-refractivity contribution in [1.82, 2.24) is 4.90 Å². The molecule has 3 heteroatoms. The number of halogens is 1. The minimum absolute atomic E-state index is 0.251. The van der Waals surface area contributed by atoms with Gasteiger partial charge in [0.2, 0.25) is 5.91 Å². The molecule has 0 radical (unpaired) electrons. The lowest BCUT2D eigenvalue weighted by Gasteiger charge is -2.22. The van der Waals surface area contributed by atoms with Crippen molar-refractivity contribution in [2.45, 2.75) is 44.9 Å². The van der Waals surface area contributed by atoms with Gasteiger partial charge in [-0.3, -0.25) is 4.79 Å². The lowest BCUT2D eigenvalue weighted by Crippen LogP contribution is -2.28. The van der Waals surface area contributed by atoms with Gasteiger partial charge in [0.15, 0.2) is 0 Å². The Labute approximate surface area is 98.0 Å². The van der Waals surface area contributed by atoms with Gasteiger partial charge in [-0.2, -0.15) is 0 Å². The quantitative estimate of drug-likeness (QED) is 0.666. The van der Waals surface area contributed by atoms with Gasteiger partial charge < -0.3 is 4.90 Å². The van der Waals surface area contributed by atoms with E-state index < -0.39 is 0 Å². The molecule has 2 nitrogen and oxygen atoms in total. The summed E-state index contributed by atoms with van der Waals surface area (Å²) >= 11 is 5.60. The standard InChI is InChI=1S/C12H22ClNO/c1-14(10-9-13)12(15)8-7-11-5-3-2-4-6-11/h11H,2-10H2,1H3. The van der Waals surface area contributed by atoms with Crippen molar-refractivity contribution >= 4 is 17.5 Å². The Bertz CT molecular complexity index is 190. The third-order valence-electron chi connectivity index (χ3n) is 3.34. The maximum Gasteiger partial charge on any atom is 0.222 e. The minimum atomic E-state index is 0.251. The van der Waals surface area contributed by atoms with Crippen LogP contribution in [-0.2, 0) is 4.79 Å². The molecule has 1 rings (SSSR count). The molecule has 0 bridgehead atoms. The van der Waals surface area contributed by atoms with Crippen LogP contribution in [0.5, 0.6) is 0 Å². The predicted octanol–water partition coefficient (Wildman–Crippen LogP) is 3.04. The van der Waals surface area contributed by atoms with Crippen LogP contribution in [-0.4, -0.2) is 30.3 Å². The van der Waals surface area contributed by atoms with Crippen molar-refractivity contribution in [3.05, 3.63) is 0 Å². The number of alkyl halides is 1. The highest BCUT2D eigenvalue weighted by Gasteiger charge is 2.16. The molecular weight excluding hydrogens is 210 g/mol. The highest BCUT2D eigenvalue weighted by atomic mass is 35.5. The fourth-order valence-electron chi connectivity index (χ4n) is 2.25. The van der Waals surface area contributed by atoms with E-state index in [2.05, 4.69) is 0 Å². The maximum absolute atomic E-state index is 11.6. The third kappa shape index (κ3) is 4.87. The van der Waals surface area contributed by atoms with Crippen molar-refractivity contribution in [2.75, 3.05) is 19.5 Å². The molecule has 0 spiro atoms. The molecule has 0 heterocycles. The van der Waals surface area contributed by atoms with E-state index in [1.54, 1.807) is 4.90 Å². The van der Waals surface area contributed by atoms with Gasteiger partial charge in [0, 0.05) is 25.9 Å². The summed E-state index contributed by atoms with van der Waals surface area (Å²) in [5.74, 6) is 1.58. The zero-order valence-electron chi connectivity index (χ0n) is 9.67. The molecule has 1 aliphatic rings. The highest BCUT2D eigenvalue weighted by molar-refractivity contribution is 6.18. The molecule has 0 aromatic carbocycles. The van der Waals surface area contributed by atoms with Crippen LogP contribution in [0.25, 0.3) is 0 Å². The molecule has 1 saturated carbocycles. The predicted molar refractivity (Wildman–Crippen MR) is 64.2 cm³/mol. The molecule has 0 aliphatic heterocycles. The van der Waals surface area contributed by atoms with Crippen LogP contribution >= 0.6 is 11.6 Å². The normalized spacial score (nSPS) is 17.7. The average Bonchev–Trinajstić information content (AvgIpc) is 2.27. The molecule has 15 heavy (non-hydrogen) atoms. The SMILES string of the molecule is CN(CCCl)C(=O)CCC1CCCCC1. The number of carbonyl (C=O) groups is 1. The number of hydrogen-bond acceptors (Lipinski definition) is 1. The average molecular weight is 232 g/mol. The molecule has 0 N–H and O–H groups in total. The molecule has 1 amide bonds. The molecule has 0 aromatic heterocycles. The van der Waals surface area contributed by atoms with E-state index >= 15 is 0 Å². The highest BCUT2D eigenvalue weighted by Crippen LogP contribution is 2.27. The number of carbonyl (C=O) groups excluding carboxylic acids is 1. The zero-order valence-corrected chi connectivity index (χ0v) is 10.4. The van der Waals surface area contributed by atoms with Crippen molar-refractivity contribution in [1.29, 1.82) is 0 Å². The number of amides is 1. The van der Waals surface area contributed by atoms with Gasteiger partial charge in [0.1, 0.15) is 0 Å². The van der Waals surface area contributed by atoms with Crippen molar-refractivity contribution in [3.63, 3.8) is 0 Å². The second kappa shape index (κ2) is 7.10. The van der Waals surface area contributed by atoms with E-state index in [0.29, 0.717) is 18.8 Å². The summed E-state index contributed by atoms with van der Waals surface area (Å²) in [6.45, 7) is 0.672. The molecule has 0 aromatic rings. The van der Waals surface area contributed by atoms with Crippen molar-refractivity contribution < 1.29 is 4.79 Å². The molecule has 0 saturated heterocycles. The van der Waals surface area contributed by atoms with E-state index in [1.165, 1.54) is 32.1 Å². The molecule has 1 fully saturated rings. The van der Waals surface area contributed by atoms with Gasteiger partial charge in [-0.25, -0.2) is 0 Å². The second-order valence-corrected chi connectivity index (χ2v) is 4.92. The van der Waals surface area contributed by atoms with Gasteiger partial charge in [-0.15, -0.1) is 11.6 Å². The van der Waals surface area contributed by atoms with Crippen molar-refractivity contribution in [2.24, 2.45) is 5.92 Å². The summed E-state index contributed by atoms with van der Waals surface area (Å²) in [5.41, 5.74) is 0. The zero-order chi connectivity index (χ0) is 11.1. The van der Waals surface area contributed by atoms with Gasteiger partial charge in [-0.05, 0) is 12.3 Å². The minimum Gasteiger partial charge on any atom is -0.345 e. The Morgan fingerprint density at radius 1 is 1.33 bits per heavy atom. The van der Waals surface area contributed by atoms with Crippen LogP contribution in [0.3, 0.4) is 0 Å². The third-order valence-corrected chi connectivity index (χ3v) is 3.51. The largest absolute Gasteiger partial charge is 0.345 e. The second-order valence-electron chi connectivity index (χ2n) is 4.55. The number of nitrogens with zero attached hydrogens (tertiary/aromatic N) is 1. The van der Waals surface area contributed by atoms with Crippen molar-refractivity contribution in [3.8, 4) is 0 Å². The van der Waals surface area contributed by atoms with E-state index in [9.17, 15) is 4.79 Å². The Hall–Kier alpha value is -0.240. The summed E-state index contributed by atoms with van der Waals surface area (Å²) in [7, 11) is 1.84. The summed E-state index contributed by atoms with van der Waals surface area (Å²) in [6.07, 6.45) is 8.53. The van der Waals surface area contributed by atoms with Crippen LogP contribution in [0.4, 0.5) is 0 Å². The van der Waals surface area contributed by atoms with Gasteiger partial charge >= 0.3 is 0 Å². The Kier molecular flexibility index (Phi) is 6.07. The van der Waals surface area contributed by atoms with E-state index in [-0.39, 0.29) is 5.91 Å². The number of rotatable bonds is 5. The fraction of sp³-hybridized carbons (Fsp3) is 0.917. The number of hydrogen-bond donors (Lipinski definition) is 0. The first-order chi connectivity index (χ1) is 7.24. The van der Waals surface area contributed by atoms with Gasteiger partial charge in [0.05, 0.1) is 0 Å². The molecule has 1 aliphatic carbocycles. The Morgan fingerprint density at radius 2 is 2.00 bits per heavy atom. The summed E-state index contributed by atoms with van der Waals surface area (Å²) in [5, 5.41) is 0. The lowest BCUT2D eigenvalue weighted by atomic mass is 9.86. The Morgan fingerprint density at radius 3 is 2.60 bits per heavy atom. The molecular formula is C12H22ClNO. The van der Waals surface area contributed by atoms with Crippen LogP contribution < -0.4 is 0 Å². The molecule has 0 unspecified atom stereocenters. The fourth-order valence-corrected chi connectivity index (χ4v) is 2.50.